The summed E-state index contributed by atoms with van der Waals surface area (Å²) in [4.78, 5) is 1.94. The minimum atomic E-state index is -0.760. The van der Waals surface area contributed by atoms with Crippen molar-refractivity contribution in [1.82, 2.24) is 0 Å². The Balaban J connectivity index is 2.32. The summed E-state index contributed by atoms with van der Waals surface area (Å²) in [6, 6.07) is 8.15. The molecule has 18 heavy (non-hydrogen) atoms. The highest BCUT2D eigenvalue weighted by Crippen LogP contribution is 2.33. The molecule has 0 spiro atoms. The average Bonchev–Trinajstić information content (AvgIpc) is 2.78. The zero-order valence-corrected chi connectivity index (χ0v) is 10.6. The molecule has 1 aromatic rings. The minimum absolute atomic E-state index is 0.106. The lowest BCUT2D eigenvalue weighted by atomic mass is 10.1. The summed E-state index contributed by atoms with van der Waals surface area (Å²) in [6.07, 6.45) is 1.28. The molecule has 1 aromatic carbocycles. The van der Waals surface area contributed by atoms with Crippen LogP contribution >= 0.6 is 0 Å². The van der Waals surface area contributed by atoms with Crippen LogP contribution in [0.5, 0.6) is 0 Å². The summed E-state index contributed by atoms with van der Waals surface area (Å²) in [7, 11) is 1.56. The number of fused-ring (bicyclic) bond motifs is 1. The number of benzene rings is 1. The van der Waals surface area contributed by atoms with E-state index in [1.165, 1.54) is 5.56 Å². The Morgan fingerprint density at radius 2 is 2.33 bits per heavy atom. The lowest BCUT2D eigenvalue weighted by Gasteiger charge is -2.34. The van der Waals surface area contributed by atoms with Crippen molar-refractivity contribution in [1.29, 1.82) is 0 Å². The van der Waals surface area contributed by atoms with Crippen molar-refractivity contribution >= 4 is 5.69 Å². The monoisotopic (exact) mass is 248 g/mol. The van der Waals surface area contributed by atoms with Crippen molar-refractivity contribution in [3.63, 3.8) is 0 Å². The molecule has 4 heteroatoms. The normalized spacial score (nSPS) is 21.5. The van der Waals surface area contributed by atoms with Gasteiger partial charge in [-0.25, -0.2) is 0 Å². The van der Waals surface area contributed by atoms with E-state index in [0.717, 1.165) is 12.1 Å². The highest BCUT2D eigenvalue weighted by Gasteiger charge is 2.35. The van der Waals surface area contributed by atoms with Gasteiger partial charge in [-0.2, -0.15) is 0 Å². The zero-order chi connectivity index (χ0) is 13.1. The van der Waals surface area contributed by atoms with Crippen molar-refractivity contribution in [3.8, 4) is 0 Å². The second-order valence-electron chi connectivity index (χ2n) is 4.48. The van der Waals surface area contributed by atoms with Gasteiger partial charge in [0.05, 0.1) is 0 Å². The van der Waals surface area contributed by atoms with Crippen LogP contribution in [-0.2, 0) is 11.2 Å². The topological polar surface area (TPSA) is 58.7 Å². The van der Waals surface area contributed by atoms with Crippen LogP contribution < -0.4 is 10.6 Å². The van der Waals surface area contributed by atoms with Crippen molar-refractivity contribution in [2.75, 3.05) is 18.6 Å². The summed E-state index contributed by atoms with van der Waals surface area (Å²) >= 11 is 0. The molecular weight excluding hydrogens is 228 g/mol. The third-order valence-electron chi connectivity index (χ3n) is 3.47. The predicted octanol–water partition coefficient (Wildman–Crippen LogP) is 0.896. The van der Waals surface area contributed by atoms with Gasteiger partial charge in [0.2, 0.25) is 0 Å². The number of hydrogen-bond donors (Lipinski definition) is 2. The second-order valence-corrected chi connectivity index (χ2v) is 4.48. The maximum atomic E-state index is 10.4. The smallest absolute Gasteiger partial charge is 0.157 e. The van der Waals surface area contributed by atoms with Crippen molar-refractivity contribution in [2.45, 2.75) is 24.8 Å². The van der Waals surface area contributed by atoms with Crippen LogP contribution in [0.1, 0.15) is 5.56 Å². The molecule has 0 saturated heterocycles. The molecule has 0 amide bonds. The first kappa shape index (κ1) is 13.1. The number of aliphatic hydroxyl groups is 1. The van der Waals surface area contributed by atoms with Crippen LogP contribution in [0.4, 0.5) is 5.69 Å². The van der Waals surface area contributed by atoms with E-state index >= 15 is 0 Å². The lowest BCUT2D eigenvalue weighted by molar-refractivity contribution is 0.0128. The molecule has 0 bridgehead atoms. The predicted molar refractivity (Wildman–Crippen MR) is 72.5 cm³/mol. The number of para-hydroxylation sites is 1. The van der Waals surface area contributed by atoms with Gasteiger partial charge in [0.15, 0.2) is 6.23 Å². The third-order valence-corrected chi connectivity index (χ3v) is 3.47. The van der Waals surface area contributed by atoms with Crippen LogP contribution in [0.25, 0.3) is 0 Å². The largest absolute Gasteiger partial charge is 0.373 e. The molecule has 0 aromatic heterocycles. The fraction of sp³-hybridized carbons (Fsp3) is 0.429. The molecule has 0 fully saturated rings. The molecule has 2 unspecified atom stereocenters. The van der Waals surface area contributed by atoms with E-state index in [9.17, 15) is 5.11 Å². The fourth-order valence-electron chi connectivity index (χ4n) is 2.54. The SMILES string of the molecule is C=CC(OC)C(O)N1c2ccccc2C[C@H]1CN. The van der Waals surface area contributed by atoms with Gasteiger partial charge in [0.1, 0.15) is 6.10 Å². The summed E-state index contributed by atoms with van der Waals surface area (Å²) in [6.45, 7) is 4.19. The van der Waals surface area contributed by atoms with Gasteiger partial charge in [-0.1, -0.05) is 24.3 Å². The Kier molecular flexibility index (Phi) is 4.01. The van der Waals surface area contributed by atoms with Gasteiger partial charge in [-0.15, -0.1) is 6.58 Å². The number of methoxy groups -OCH3 is 1. The zero-order valence-electron chi connectivity index (χ0n) is 10.6. The highest BCUT2D eigenvalue weighted by molar-refractivity contribution is 5.60. The molecule has 98 valence electrons. The standard InChI is InChI=1S/C14H20N2O2/c1-3-13(18-2)14(17)16-11(9-15)8-10-6-4-5-7-12(10)16/h3-7,11,13-14,17H,1,8-9,15H2,2H3/t11-,13?,14?/m0/s1. The van der Waals surface area contributed by atoms with Gasteiger partial charge in [0.25, 0.3) is 0 Å². The molecule has 4 nitrogen and oxygen atoms in total. The highest BCUT2D eigenvalue weighted by atomic mass is 16.5. The Hall–Kier alpha value is -1.36. The van der Waals surface area contributed by atoms with E-state index in [0.29, 0.717) is 6.54 Å². The Morgan fingerprint density at radius 3 is 2.94 bits per heavy atom. The van der Waals surface area contributed by atoms with Crippen molar-refractivity contribution < 1.29 is 9.84 Å². The van der Waals surface area contributed by atoms with Crippen molar-refractivity contribution in [2.24, 2.45) is 5.73 Å². The van der Waals surface area contributed by atoms with Crippen LogP contribution in [0.3, 0.4) is 0 Å². The maximum Gasteiger partial charge on any atom is 0.157 e. The summed E-state index contributed by atoms with van der Waals surface area (Å²) < 4.78 is 5.23. The summed E-state index contributed by atoms with van der Waals surface area (Å²) in [5.74, 6) is 0. The first-order valence-corrected chi connectivity index (χ1v) is 6.12. The average molecular weight is 248 g/mol. The van der Waals surface area contributed by atoms with Crippen LogP contribution in [-0.4, -0.2) is 37.1 Å². The second kappa shape index (κ2) is 5.52. The van der Waals surface area contributed by atoms with E-state index in [4.69, 9.17) is 10.5 Å². The van der Waals surface area contributed by atoms with E-state index in [1.54, 1.807) is 13.2 Å². The number of anilines is 1. The van der Waals surface area contributed by atoms with Crippen LogP contribution in [0.2, 0.25) is 0 Å². The summed E-state index contributed by atoms with van der Waals surface area (Å²) in [5, 5.41) is 10.4. The molecule has 0 radical (unpaired) electrons. The maximum absolute atomic E-state index is 10.4. The van der Waals surface area contributed by atoms with E-state index < -0.39 is 12.3 Å². The Morgan fingerprint density at radius 1 is 1.61 bits per heavy atom. The number of ether oxygens (including phenoxy) is 1. The molecule has 1 aliphatic heterocycles. The molecular formula is C14H20N2O2. The number of rotatable bonds is 5. The molecule has 1 aliphatic rings. The molecule has 3 atom stereocenters. The molecule has 0 aliphatic carbocycles. The van der Waals surface area contributed by atoms with Gasteiger partial charge in [0, 0.05) is 25.4 Å². The number of aliphatic hydroxyl groups excluding tert-OH is 1. The van der Waals surface area contributed by atoms with Gasteiger partial charge < -0.3 is 20.5 Å². The number of hydrogen-bond acceptors (Lipinski definition) is 4. The van der Waals surface area contributed by atoms with E-state index in [2.05, 4.69) is 12.6 Å². The van der Waals surface area contributed by atoms with Crippen LogP contribution in [0, 0.1) is 0 Å². The first-order chi connectivity index (χ1) is 8.72. The van der Waals surface area contributed by atoms with Crippen molar-refractivity contribution in [3.05, 3.63) is 42.5 Å². The quantitative estimate of drug-likeness (QED) is 0.760. The van der Waals surface area contributed by atoms with Gasteiger partial charge in [-0.3, -0.25) is 0 Å². The molecule has 2 rings (SSSR count). The third kappa shape index (κ3) is 2.14. The van der Waals surface area contributed by atoms with Crippen LogP contribution in [0.15, 0.2) is 36.9 Å². The van der Waals surface area contributed by atoms with Gasteiger partial charge >= 0.3 is 0 Å². The Labute approximate surface area is 108 Å². The Bertz CT molecular complexity index is 422. The van der Waals surface area contributed by atoms with E-state index in [-0.39, 0.29) is 6.04 Å². The molecule has 1 heterocycles. The number of nitrogens with two attached hydrogens (primary N) is 1. The molecule has 3 N–H and O–H groups in total. The first-order valence-electron chi connectivity index (χ1n) is 6.12. The van der Waals surface area contributed by atoms with E-state index in [1.807, 2.05) is 23.1 Å². The van der Waals surface area contributed by atoms with Gasteiger partial charge in [-0.05, 0) is 18.1 Å². The fourth-order valence-corrected chi connectivity index (χ4v) is 2.54. The lowest BCUT2D eigenvalue weighted by Crippen LogP contribution is -2.50. The minimum Gasteiger partial charge on any atom is -0.373 e. The number of nitrogens with zero attached hydrogens (tertiary/aromatic N) is 1. The summed E-state index contributed by atoms with van der Waals surface area (Å²) in [5.41, 5.74) is 8.05. The molecule has 0 saturated carbocycles.